The molecule has 2 nitrogen and oxygen atoms in total. The lowest BCUT2D eigenvalue weighted by molar-refractivity contribution is 0.103. The lowest BCUT2D eigenvalue weighted by Crippen LogP contribution is -2.04. The molecule has 0 spiro atoms. The van der Waals surface area contributed by atoms with Crippen LogP contribution in [-0.2, 0) is 0 Å². The smallest absolute Gasteiger partial charge is 0.196 e. The first-order chi connectivity index (χ1) is 9.00. The zero-order chi connectivity index (χ0) is 14.0. The summed E-state index contributed by atoms with van der Waals surface area (Å²) in [6.45, 7) is 3.97. The summed E-state index contributed by atoms with van der Waals surface area (Å²) in [6.07, 6.45) is 0. The van der Waals surface area contributed by atoms with Gasteiger partial charge in [-0.2, -0.15) is 0 Å². The summed E-state index contributed by atoms with van der Waals surface area (Å²) in [6, 6.07) is 12.5. The maximum atomic E-state index is 12.4. The summed E-state index contributed by atoms with van der Waals surface area (Å²) in [5.41, 5.74) is 1.68. The molecule has 0 radical (unpaired) electrons. The molecule has 1 N–H and O–H groups in total. The minimum Gasteiger partial charge on any atom is -0.507 e. The Balaban J connectivity index is 2.54. The highest BCUT2D eigenvalue weighted by atomic mass is 79.9. The van der Waals surface area contributed by atoms with Crippen molar-refractivity contribution in [3.05, 3.63) is 63.6 Å². The van der Waals surface area contributed by atoms with E-state index in [9.17, 15) is 9.90 Å². The third kappa shape index (κ3) is 2.87. The van der Waals surface area contributed by atoms with Gasteiger partial charge in [-0.05, 0) is 23.6 Å². The van der Waals surface area contributed by atoms with Crippen molar-refractivity contribution in [3.63, 3.8) is 0 Å². The summed E-state index contributed by atoms with van der Waals surface area (Å²) in [7, 11) is 0. The molecule has 0 bridgehead atoms. The first-order valence-electron chi connectivity index (χ1n) is 6.13. The van der Waals surface area contributed by atoms with Gasteiger partial charge in [0.2, 0.25) is 0 Å². The van der Waals surface area contributed by atoms with Gasteiger partial charge in [0.15, 0.2) is 5.78 Å². The Morgan fingerprint density at radius 3 is 2.37 bits per heavy atom. The van der Waals surface area contributed by atoms with Gasteiger partial charge in [-0.1, -0.05) is 60.1 Å². The van der Waals surface area contributed by atoms with Crippen LogP contribution in [0.3, 0.4) is 0 Å². The van der Waals surface area contributed by atoms with E-state index in [0.717, 1.165) is 10.0 Å². The average molecular weight is 319 g/mol. The fraction of sp³-hybridized carbons (Fsp3) is 0.188. The van der Waals surface area contributed by atoms with Crippen LogP contribution in [0.4, 0.5) is 0 Å². The summed E-state index contributed by atoms with van der Waals surface area (Å²) >= 11 is 3.39. The minimum absolute atomic E-state index is 0.0760. The highest BCUT2D eigenvalue weighted by Crippen LogP contribution is 2.33. The van der Waals surface area contributed by atoms with Gasteiger partial charge in [0.1, 0.15) is 5.75 Å². The molecule has 0 saturated heterocycles. The maximum absolute atomic E-state index is 12.4. The van der Waals surface area contributed by atoms with E-state index in [0.29, 0.717) is 11.1 Å². The molecule has 0 fully saturated rings. The largest absolute Gasteiger partial charge is 0.507 e. The van der Waals surface area contributed by atoms with Crippen LogP contribution in [0.2, 0.25) is 0 Å². The van der Waals surface area contributed by atoms with Crippen LogP contribution in [0.5, 0.6) is 5.75 Å². The van der Waals surface area contributed by atoms with Crippen molar-refractivity contribution in [1.29, 1.82) is 0 Å². The van der Waals surface area contributed by atoms with Gasteiger partial charge >= 0.3 is 0 Å². The SMILES string of the molecule is CC(C)c1cc(Br)cc(C(=O)c2ccccc2)c1O. The zero-order valence-electron chi connectivity index (χ0n) is 10.9. The molecule has 0 aromatic heterocycles. The van der Waals surface area contributed by atoms with Crippen molar-refractivity contribution in [3.8, 4) is 5.75 Å². The Bertz CT molecular complexity index is 604. The molecule has 0 amide bonds. The number of phenols is 1. The second kappa shape index (κ2) is 5.57. The number of carbonyl (C=O) groups excluding carboxylic acids is 1. The number of phenolic OH excluding ortho intramolecular Hbond substituents is 1. The maximum Gasteiger partial charge on any atom is 0.196 e. The molecule has 0 unspecified atom stereocenters. The summed E-state index contributed by atoms with van der Waals surface area (Å²) in [5.74, 6) is 0.0631. The molecule has 0 aliphatic heterocycles. The monoisotopic (exact) mass is 318 g/mol. The number of halogens is 1. The van der Waals surface area contributed by atoms with Crippen molar-refractivity contribution in [2.75, 3.05) is 0 Å². The van der Waals surface area contributed by atoms with Crippen LogP contribution in [0, 0.1) is 0 Å². The highest BCUT2D eigenvalue weighted by Gasteiger charge is 2.18. The van der Waals surface area contributed by atoms with E-state index in [4.69, 9.17) is 0 Å². The molecule has 98 valence electrons. The Kier molecular flexibility index (Phi) is 4.05. The first kappa shape index (κ1) is 13.8. The van der Waals surface area contributed by atoms with Crippen molar-refractivity contribution in [1.82, 2.24) is 0 Å². The quantitative estimate of drug-likeness (QED) is 0.845. The van der Waals surface area contributed by atoms with Crippen molar-refractivity contribution in [2.24, 2.45) is 0 Å². The number of hydrogen-bond donors (Lipinski definition) is 1. The fourth-order valence-electron chi connectivity index (χ4n) is 1.98. The molecule has 19 heavy (non-hydrogen) atoms. The van der Waals surface area contributed by atoms with E-state index in [1.54, 1.807) is 18.2 Å². The van der Waals surface area contributed by atoms with E-state index in [1.807, 2.05) is 38.1 Å². The van der Waals surface area contributed by atoms with E-state index in [2.05, 4.69) is 15.9 Å². The topological polar surface area (TPSA) is 37.3 Å². The molecule has 0 aliphatic rings. The van der Waals surface area contributed by atoms with Crippen LogP contribution < -0.4 is 0 Å². The predicted octanol–water partition coefficient (Wildman–Crippen LogP) is 4.51. The fourth-order valence-corrected chi connectivity index (χ4v) is 2.45. The van der Waals surface area contributed by atoms with Crippen LogP contribution in [0.25, 0.3) is 0 Å². The van der Waals surface area contributed by atoms with Crippen LogP contribution in [0.15, 0.2) is 46.9 Å². The van der Waals surface area contributed by atoms with Gasteiger partial charge in [0, 0.05) is 10.0 Å². The molecular formula is C16H15BrO2. The number of ketones is 1. The van der Waals surface area contributed by atoms with Gasteiger partial charge in [0.25, 0.3) is 0 Å². The van der Waals surface area contributed by atoms with Gasteiger partial charge in [0.05, 0.1) is 5.56 Å². The Hall–Kier alpha value is -1.61. The molecule has 2 aromatic carbocycles. The van der Waals surface area contributed by atoms with E-state index in [1.165, 1.54) is 0 Å². The number of carbonyl (C=O) groups is 1. The predicted molar refractivity (Wildman–Crippen MR) is 79.8 cm³/mol. The van der Waals surface area contributed by atoms with Gasteiger partial charge < -0.3 is 5.11 Å². The molecular weight excluding hydrogens is 304 g/mol. The summed E-state index contributed by atoms with van der Waals surface area (Å²) in [4.78, 5) is 12.4. The number of benzene rings is 2. The minimum atomic E-state index is -0.165. The summed E-state index contributed by atoms with van der Waals surface area (Å²) < 4.78 is 0.799. The third-order valence-corrected chi connectivity index (χ3v) is 3.46. The van der Waals surface area contributed by atoms with E-state index < -0.39 is 0 Å². The second-order valence-electron chi connectivity index (χ2n) is 4.74. The van der Waals surface area contributed by atoms with Crippen LogP contribution in [0.1, 0.15) is 41.3 Å². The highest BCUT2D eigenvalue weighted by molar-refractivity contribution is 9.10. The molecule has 0 heterocycles. The third-order valence-electron chi connectivity index (χ3n) is 3.01. The molecule has 2 rings (SSSR count). The zero-order valence-corrected chi connectivity index (χ0v) is 12.4. The Morgan fingerprint density at radius 2 is 1.79 bits per heavy atom. The molecule has 2 aromatic rings. The molecule has 0 atom stereocenters. The second-order valence-corrected chi connectivity index (χ2v) is 5.66. The van der Waals surface area contributed by atoms with Gasteiger partial charge in [-0.25, -0.2) is 0 Å². The van der Waals surface area contributed by atoms with Crippen molar-refractivity contribution >= 4 is 21.7 Å². The van der Waals surface area contributed by atoms with Crippen molar-refractivity contribution in [2.45, 2.75) is 19.8 Å². The summed E-state index contributed by atoms with van der Waals surface area (Å²) in [5, 5.41) is 10.3. The number of rotatable bonds is 3. The lowest BCUT2D eigenvalue weighted by Gasteiger charge is -2.13. The number of hydrogen-bond acceptors (Lipinski definition) is 2. The van der Waals surface area contributed by atoms with Gasteiger partial charge in [-0.3, -0.25) is 4.79 Å². The Labute approximate surface area is 121 Å². The molecule has 0 aliphatic carbocycles. The molecule has 3 heteroatoms. The standard InChI is InChI=1S/C16H15BrO2/c1-10(2)13-8-12(17)9-14(16(13)19)15(18)11-6-4-3-5-7-11/h3-10,19H,1-2H3. The Morgan fingerprint density at radius 1 is 1.16 bits per heavy atom. The first-order valence-corrected chi connectivity index (χ1v) is 6.92. The van der Waals surface area contributed by atoms with Crippen LogP contribution >= 0.6 is 15.9 Å². The van der Waals surface area contributed by atoms with Gasteiger partial charge in [-0.15, -0.1) is 0 Å². The normalized spacial score (nSPS) is 10.7. The lowest BCUT2D eigenvalue weighted by atomic mass is 9.95. The van der Waals surface area contributed by atoms with E-state index >= 15 is 0 Å². The van der Waals surface area contributed by atoms with Crippen LogP contribution in [-0.4, -0.2) is 10.9 Å². The molecule has 0 saturated carbocycles. The van der Waals surface area contributed by atoms with Crippen molar-refractivity contribution < 1.29 is 9.90 Å². The average Bonchev–Trinajstić information content (AvgIpc) is 2.41. The number of aromatic hydroxyl groups is 1. The van der Waals surface area contributed by atoms with E-state index in [-0.39, 0.29) is 17.5 Å².